The Bertz CT molecular complexity index is 957. The number of para-hydroxylation sites is 1. The highest BCUT2D eigenvalue weighted by Gasteiger charge is 2.31. The van der Waals surface area contributed by atoms with Crippen molar-refractivity contribution < 1.29 is 14.0 Å². The van der Waals surface area contributed by atoms with Crippen LogP contribution in [0.5, 0.6) is 0 Å². The molecule has 3 aromatic rings. The number of nitrogens with one attached hydrogen (secondary N) is 1. The van der Waals surface area contributed by atoms with E-state index in [1.54, 1.807) is 22.9 Å². The summed E-state index contributed by atoms with van der Waals surface area (Å²) in [5.74, 6) is 0.491. The maximum atomic E-state index is 13.0. The van der Waals surface area contributed by atoms with Crippen LogP contribution in [0.3, 0.4) is 0 Å². The van der Waals surface area contributed by atoms with Gasteiger partial charge >= 0.3 is 0 Å². The summed E-state index contributed by atoms with van der Waals surface area (Å²) in [4.78, 5) is 28.1. The molecule has 1 N–H and O–H groups in total. The van der Waals surface area contributed by atoms with Gasteiger partial charge in [-0.25, -0.2) is 0 Å². The third kappa shape index (κ3) is 4.12. The number of benzene rings is 2. The van der Waals surface area contributed by atoms with E-state index in [1.807, 2.05) is 66.7 Å². The number of rotatable bonds is 5. The molecule has 0 saturated carbocycles. The Morgan fingerprint density at radius 3 is 2.64 bits per heavy atom. The van der Waals surface area contributed by atoms with Crippen LogP contribution in [0.25, 0.3) is 0 Å². The molecule has 6 heteroatoms. The number of anilines is 1. The molecule has 142 valence electrons. The quantitative estimate of drug-likeness (QED) is 0.708. The molecule has 1 aliphatic heterocycles. The smallest absolute Gasteiger partial charge is 0.240 e. The Balaban J connectivity index is 1.51. The summed E-state index contributed by atoms with van der Waals surface area (Å²) < 4.78 is 5.52. The van der Waals surface area contributed by atoms with Crippen molar-refractivity contribution in [3.05, 3.63) is 84.3 Å². The molecule has 0 spiro atoms. The first-order chi connectivity index (χ1) is 13.7. The first-order valence-corrected chi connectivity index (χ1v) is 9.99. The molecule has 1 unspecified atom stereocenters. The van der Waals surface area contributed by atoms with Gasteiger partial charge in [0.1, 0.15) is 12.3 Å². The summed E-state index contributed by atoms with van der Waals surface area (Å²) in [6, 6.07) is 21.1. The summed E-state index contributed by atoms with van der Waals surface area (Å²) in [7, 11) is 0. The molecule has 1 atom stereocenters. The molecule has 4 rings (SSSR count). The molecule has 0 bridgehead atoms. The molecule has 0 aliphatic carbocycles. The Hall–Kier alpha value is -2.99. The Labute approximate surface area is 167 Å². The molecular weight excluding hydrogens is 372 g/mol. The summed E-state index contributed by atoms with van der Waals surface area (Å²) in [5, 5.41) is 2.79. The average molecular weight is 392 g/mol. The van der Waals surface area contributed by atoms with E-state index in [9.17, 15) is 9.59 Å². The number of amides is 2. The number of carbonyl (C=O) groups excluding carboxylic acids is 2. The van der Waals surface area contributed by atoms with Gasteiger partial charge in [0, 0.05) is 17.9 Å². The van der Waals surface area contributed by atoms with Crippen molar-refractivity contribution in [1.82, 2.24) is 5.32 Å². The summed E-state index contributed by atoms with van der Waals surface area (Å²) in [5.41, 5.74) is 1.79. The predicted octanol–water partition coefficient (Wildman–Crippen LogP) is 4.17. The third-order valence-corrected chi connectivity index (χ3v) is 5.86. The van der Waals surface area contributed by atoms with E-state index in [1.165, 1.54) is 0 Å². The fraction of sp³-hybridized carbons (Fsp3) is 0.182. The van der Waals surface area contributed by atoms with Crippen LogP contribution in [0, 0.1) is 0 Å². The second kappa shape index (κ2) is 8.35. The number of nitrogens with zero attached hydrogens (tertiary/aromatic N) is 1. The summed E-state index contributed by atoms with van der Waals surface area (Å²) in [6.07, 6.45) is 1.89. The molecule has 1 aliphatic rings. The van der Waals surface area contributed by atoms with Gasteiger partial charge in [0.05, 0.1) is 17.2 Å². The van der Waals surface area contributed by atoms with Gasteiger partial charge in [-0.05, 0) is 29.8 Å². The first-order valence-electron chi connectivity index (χ1n) is 9.11. The van der Waals surface area contributed by atoms with Gasteiger partial charge in [0.25, 0.3) is 0 Å². The lowest BCUT2D eigenvalue weighted by Crippen LogP contribution is -2.40. The van der Waals surface area contributed by atoms with Crippen molar-refractivity contribution >= 4 is 29.3 Å². The van der Waals surface area contributed by atoms with Crippen molar-refractivity contribution in [3.63, 3.8) is 0 Å². The Kier molecular flexibility index (Phi) is 5.48. The van der Waals surface area contributed by atoms with Gasteiger partial charge < -0.3 is 14.6 Å². The number of furan rings is 1. The molecule has 0 fully saturated rings. The highest BCUT2D eigenvalue weighted by Crippen LogP contribution is 2.45. The van der Waals surface area contributed by atoms with Crippen LogP contribution < -0.4 is 10.2 Å². The molecule has 5 nitrogen and oxygen atoms in total. The molecule has 1 aromatic heterocycles. The van der Waals surface area contributed by atoms with Crippen LogP contribution in [0.2, 0.25) is 0 Å². The summed E-state index contributed by atoms with van der Waals surface area (Å²) >= 11 is 1.59. The number of thioether (sulfide) groups is 1. The number of hydrogen-bond acceptors (Lipinski definition) is 4. The molecule has 2 aromatic carbocycles. The van der Waals surface area contributed by atoms with E-state index in [4.69, 9.17) is 4.42 Å². The van der Waals surface area contributed by atoms with Crippen LogP contribution in [-0.2, 0) is 16.1 Å². The summed E-state index contributed by atoms with van der Waals surface area (Å²) in [6.45, 7) is 0.432. The zero-order valence-electron chi connectivity index (χ0n) is 15.2. The number of fused-ring (bicyclic) bond motifs is 1. The second-order valence-corrected chi connectivity index (χ2v) is 7.78. The van der Waals surface area contributed by atoms with E-state index in [0.29, 0.717) is 6.54 Å². The predicted molar refractivity (Wildman–Crippen MR) is 109 cm³/mol. The number of carbonyl (C=O) groups is 2. The third-order valence-electron chi connectivity index (χ3n) is 4.58. The van der Waals surface area contributed by atoms with Gasteiger partial charge in [-0.1, -0.05) is 42.5 Å². The molecular formula is C22H20N2O3S. The van der Waals surface area contributed by atoms with E-state index >= 15 is 0 Å². The van der Waals surface area contributed by atoms with Gasteiger partial charge in [0.2, 0.25) is 11.8 Å². The zero-order valence-corrected chi connectivity index (χ0v) is 16.0. The van der Waals surface area contributed by atoms with Crippen molar-refractivity contribution in [2.24, 2.45) is 0 Å². The Morgan fingerprint density at radius 2 is 1.86 bits per heavy atom. The van der Waals surface area contributed by atoms with E-state index in [0.717, 1.165) is 21.9 Å². The second-order valence-electron chi connectivity index (χ2n) is 6.54. The van der Waals surface area contributed by atoms with Crippen LogP contribution in [0.1, 0.15) is 23.0 Å². The lowest BCUT2D eigenvalue weighted by atomic mass is 10.2. The van der Waals surface area contributed by atoms with Crippen LogP contribution in [0.15, 0.2) is 82.3 Å². The SMILES string of the molecule is O=C(CN1C(=O)CC(c2ccco2)Sc2ccccc21)NCc1ccccc1. The fourth-order valence-electron chi connectivity index (χ4n) is 3.18. The van der Waals surface area contributed by atoms with Gasteiger partial charge in [-0.2, -0.15) is 0 Å². The molecule has 0 radical (unpaired) electrons. The normalized spacial score (nSPS) is 16.4. The lowest BCUT2D eigenvalue weighted by molar-refractivity contribution is -0.124. The molecule has 2 amide bonds. The lowest BCUT2D eigenvalue weighted by Gasteiger charge is -2.22. The Morgan fingerprint density at radius 1 is 1.07 bits per heavy atom. The minimum atomic E-state index is -0.187. The molecule has 2 heterocycles. The minimum Gasteiger partial charge on any atom is -0.468 e. The fourth-order valence-corrected chi connectivity index (χ4v) is 4.42. The maximum absolute atomic E-state index is 13.0. The van der Waals surface area contributed by atoms with Crippen molar-refractivity contribution in [1.29, 1.82) is 0 Å². The van der Waals surface area contributed by atoms with Crippen LogP contribution in [0.4, 0.5) is 5.69 Å². The molecule has 28 heavy (non-hydrogen) atoms. The monoisotopic (exact) mass is 392 g/mol. The van der Waals surface area contributed by atoms with Gasteiger partial charge in [-0.3, -0.25) is 9.59 Å². The highest BCUT2D eigenvalue weighted by molar-refractivity contribution is 7.99. The van der Waals surface area contributed by atoms with Crippen LogP contribution in [-0.4, -0.2) is 18.4 Å². The maximum Gasteiger partial charge on any atom is 0.240 e. The van der Waals surface area contributed by atoms with E-state index in [-0.39, 0.29) is 30.0 Å². The molecule has 0 saturated heterocycles. The first kappa shape index (κ1) is 18.4. The standard InChI is InChI=1S/C22H20N2O3S/c25-21(23-14-16-7-2-1-3-8-16)15-24-17-9-4-5-11-19(17)28-20(13-22(24)26)18-10-6-12-27-18/h1-12,20H,13-15H2,(H,23,25). The largest absolute Gasteiger partial charge is 0.468 e. The van der Waals surface area contributed by atoms with Crippen molar-refractivity contribution in [2.45, 2.75) is 23.1 Å². The topological polar surface area (TPSA) is 62.6 Å². The van der Waals surface area contributed by atoms with Crippen LogP contribution >= 0.6 is 11.8 Å². The number of hydrogen-bond donors (Lipinski definition) is 1. The van der Waals surface area contributed by atoms with E-state index < -0.39 is 0 Å². The van der Waals surface area contributed by atoms with Crippen molar-refractivity contribution in [2.75, 3.05) is 11.4 Å². The average Bonchev–Trinajstić information content (AvgIpc) is 3.22. The van der Waals surface area contributed by atoms with Crippen molar-refractivity contribution in [3.8, 4) is 0 Å². The van der Waals surface area contributed by atoms with Gasteiger partial charge in [-0.15, -0.1) is 11.8 Å². The zero-order chi connectivity index (χ0) is 19.3. The van der Waals surface area contributed by atoms with Gasteiger partial charge in [0.15, 0.2) is 0 Å². The minimum absolute atomic E-state index is 0.00584. The van der Waals surface area contributed by atoms with E-state index in [2.05, 4.69) is 5.32 Å². The highest BCUT2D eigenvalue weighted by atomic mass is 32.2.